The standard InChI is InChI=1S/C8H14N2O5S/c9-4(1-2-6(11)12)8(15)16-3-5(10)7(13)14/h4-5H,1-3,9-10H2,(H,11,12)(H,13,14). The zero-order chi connectivity index (χ0) is 12.7. The van der Waals surface area contributed by atoms with Crippen molar-refractivity contribution in [1.82, 2.24) is 0 Å². The molecule has 0 aromatic heterocycles. The largest absolute Gasteiger partial charge is 0.481 e. The van der Waals surface area contributed by atoms with Gasteiger partial charge in [0.05, 0.1) is 6.04 Å². The molecule has 0 heterocycles. The number of carboxylic acid groups (broad SMARTS) is 2. The van der Waals surface area contributed by atoms with E-state index < -0.39 is 29.1 Å². The Morgan fingerprint density at radius 3 is 2.12 bits per heavy atom. The fraction of sp³-hybridized carbons (Fsp3) is 0.625. The van der Waals surface area contributed by atoms with Gasteiger partial charge in [-0.2, -0.15) is 0 Å². The Bertz CT molecular complexity index is 284. The molecule has 0 aromatic rings. The maximum absolute atomic E-state index is 11.3. The van der Waals surface area contributed by atoms with Crippen molar-refractivity contribution in [2.45, 2.75) is 24.9 Å². The summed E-state index contributed by atoms with van der Waals surface area (Å²) in [5.74, 6) is -2.30. The van der Waals surface area contributed by atoms with E-state index in [-0.39, 0.29) is 18.6 Å². The summed E-state index contributed by atoms with van der Waals surface area (Å²) in [4.78, 5) is 31.8. The normalized spacial score (nSPS) is 14.1. The minimum Gasteiger partial charge on any atom is -0.481 e. The van der Waals surface area contributed by atoms with Crippen LogP contribution in [0.25, 0.3) is 0 Å². The number of carbonyl (C=O) groups excluding carboxylic acids is 1. The number of carbonyl (C=O) groups is 3. The molecule has 0 aliphatic carbocycles. The molecule has 0 aliphatic heterocycles. The molecule has 0 saturated carbocycles. The summed E-state index contributed by atoms with van der Waals surface area (Å²) in [6.07, 6.45) is -0.165. The lowest BCUT2D eigenvalue weighted by atomic mass is 10.2. The Morgan fingerprint density at radius 2 is 1.69 bits per heavy atom. The number of hydrogen-bond acceptors (Lipinski definition) is 6. The second-order valence-corrected chi connectivity index (χ2v) is 4.14. The summed E-state index contributed by atoms with van der Waals surface area (Å²) in [6, 6.07) is -2.03. The molecule has 0 amide bonds. The van der Waals surface area contributed by atoms with Gasteiger partial charge in [-0.05, 0) is 6.42 Å². The van der Waals surface area contributed by atoms with Gasteiger partial charge >= 0.3 is 11.9 Å². The third kappa shape index (κ3) is 6.38. The summed E-state index contributed by atoms with van der Waals surface area (Å²) >= 11 is 0.710. The van der Waals surface area contributed by atoms with Crippen molar-refractivity contribution in [3.63, 3.8) is 0 Å². The molecule has 0 saturated heterocycles. The summed E-state index contributed by atoms with van der Waals surface area (Å²) in [5.41, 5.74) is 10.6. The van der Waals surface area contributed by atoms with Crippen LogP contribution in [0.1, 0.15) is 12.8 Å². The highest BCUT2D eigenvalue weighted by Gasteiger charge is 2.19. The first-order valence-corrected chi connectivity index (χ1v) is 5.45. The van der Waals surface area contributed by atoms with Crippen LogP contribution in [0.4, 0.5) is 0 Å². The van der Waals surface area contributed by atoms with E-state index in [2.05, 4.69) is 0 Å². The highest BCUT2D eigenvalue weighted by atomic mass is 32.2. The molecule has 0 fully saturated rings. The second kappa shape index (κ2) is 7.20. The lowest BCUT2D eigenvalue weighted by molar-refractivity contribution is -0.138. The molecule has 0 rings (SSSR count). The van der Waals surface area contributed by atoms with Gasteiger partial charge in [0, 0.05) is 12.2 Å². The number of aliphatic carboxylic acids is 2. The molecule has 0 radical (unpaired) electrons. The van der Waals surface area contributed by atoms with Crippen LogP contribution in [0.15, 0.2) is 0 Å². The highest BCUT2D eigenvalue weighted by molar-refractivity contribution is 8.13. The SMILES string of the molecule is NC(CSC(=O)C(N)CCC(=O)O)C(=O)O. The Hall–Kier alpha value is -1.12. The predicted molar refractivity (Wildman–Crippen MR) is 57.9 cm³/mol. The fourth-order valence-corrected chi connectivity index (χ4v) is 1.57. The second-order valence-electron chi connectivity index (χ2n) is 3.11. The van der Waals surface area contributed by atoms with Crippen molar-refractivity contribution >= 4 is 28.8 Å². The van der Waals surface area contributed by atoms with Crippen LogP contribution in [0.5, 0.6) is 0 Å². The maximum atomic E-state index is 11.3. The highest BCUT2D eigenvalue weighted by Crippen LogP contribution is 2.09. The predicted octanol–water partition coefficient (Wildman–Crippen LogP) is -1.15. The first kappa shape index (κ1) is 14.9. The summed E-state index contributed by atoms with van der Waals surface area (Å²) in [7, 11) is 0. The molecule has 2 atom stereocenters. The van der Waals surface area contributed by atoms with Crippen molar-refractivity contribution in [2.75, 3.05) is 5.75 Å². The third-order valence-corrected chi connectivity index (χ3v) is 2.81. The minimum absolute atomic E-state index is 0.0312. The lowest BCUT2D eigenvalue weighted by Crippen LogP contribution is -2.35. The average molecular weight is 250 g/mol. The molecule has 92 valence electrons. The Balaban J connectivity index is 3.87. The van der Waals surface area contributed by atoms with E-state index in [1.165, 1.54) is 0 Å². The summed E-state index contributed by atoms with van der Waals surface area (Å²) < 4.78 is 0. The van der Waals surface area contributed by atoms with Gasteiger partial charge in [-0.25, -0.2) is 0 Å². The van der Waals surface area contributed by atoms with Gasteiger partial charge < -0.3 is 21.7 Å². The first-order valence-electron chi connectivity index (χ1n) is 4.47. The van der Waals surface area contributed by atoms with Gasteiger partial charge in [0.2, 0.25) is 5.12 Å². The third-order valence-electron chi connectivity index (χ3n) is 1.69. The van der Waals surface area contributed by atoms with E-state index in [0.717, 1.165) is 0 Å². The molecular weight excluding hydrogens is 236 g/mol. The zero-order valence-electron chi connectivity index (χ0n) is 8.46. The van der Waals surface area contributed by atoms with Gasteiger partial charge in [-0.3, -0.25) is 14.4 Å². The zero-order valence-corrected chi connectivity index (χ0v) is 9.27. The maximum Gasteiger partial charge on any atom is 0.321 e. The fourth-order valence-electron chi connectivity index (χ4n) is 0.747. The topological polar surface area (TPSA) is 144 Å². The molecule has 0 aromatic carbocycles. The number of nitrogens with two attached hydrogens (primary N) is 2. The van der Waals surface area contributed by atoms with Gasteiger partial charge in [0.25, 0.3) is 0 Å². The van der Waals surface area contributed by atoms with Crippen LogP contribution in [-0.2, 0) is 14.4 Å². The van der Waals surface area contributed by atoms with Crippen LogP contribution in [0.3, 0.4) is 0 Å². The van der Waals surface area contributed by atoms with Gasteiger partial charge in [0.15, 0.2) is 0 Å². The van der Waals surface area contributed by atoms with Crippen molar-refractivity contribution in [1.29, 1.82) is 0 Å². The minimum atomic E-state index is -1.19. The van der Waals surface area contributed by atoms with Gasteiger partial charge in [-0.1, -0.05) is 11.8 Å². The molecule has 16 heavy (non-hydrogen) atoms. The number of rotatable bonds is 7. The average Bonchev–Trinajstić information content (AvgIpc) is 2.21. The van der Waals surface area contributed by atoms with Gasteiger partial charge in [-0.15, -0.1) is 0 Å². The molecule has 0 spiro atoms. The van der Waals surface area contributed by atoms with Crippen LogP contribution in [0.2, 0.25) is 0 Å². The van der Waals surface area contributed by atoms with E-state index in [4.69, 9.17) is 21.7 Å². The summed E-state index contributed by atoms with van der Waals surface area (Å²) in [6.45, 7) is 0. The Morgan fingerprint density at radius 1 is 1.12 bits per heavy atom. The smallest absolute Gasteiger partial charge is 0.321 e. The molecule has 7 nitrogen and oxygen atoms in total. The Labute approximate surface area is 96.2 Å². The molecule has 8 heteroatoms. The molecule has 0 bridgehead atoms. The number of hydrogen-bond donors (Lipinski definition) is 4. The molecular formula is C8H14N2O5S. The van der Waals surface area contributed by atoms with E-state index in [9.17, 15) is 14.4 Å². The molecule has 6 N–H and O–H groups in total. The van der Waals surface area contributed by atoms with Crippen LogP contribution >= 0.6 is 11.8 Å². The first-order chi connectivity index (χ1) is 7.34. The van der Waals surface area contributed by atoms with E-state index in [1.807, 2.05) is 0 Å². The van der Waals surface area contributed by atoms with Crippen molar-refractivity contribution in [3.05, 3.63) is 0 Å². The molecule has 0 aliphatic rings. The van der Waals surface area contributed by atoms with Crippen LogP contribution in [-0.4, -0.2) is 45.1 Å². The van der Waals surface area contributed by atoms with Crippen molar-refractivity contribution in [3.8, 4) is 0 Å². The number of thioether (sulfide) groups is 1. The van der Waals surface area contributed by atoms with E-state index in [0.29, 0.717) is 11.8 Å². The van der Waals surface area contributed by atoms with Gasteiger partial charge in [0.1, 0.15) is 6.04 Å². The molecule has 2 unspecified atom stereocenters. The Kier molecular flexibility index (Phi) is 6.70. The van der Waals surface area contributed by atoms with E-state index in [1.54, 1.807) is 0 Å². The van der Waals surface area contributed by atoms with Crippen molar-refractivity contribution in [2.24, 2.45) is 11.5 Å². The number of carboxylic acids is 2. The summed E-state index contributed by atoms with van der Waals surface area (Å²) in [5, 5.41) is 16.4. The monoisotopic (exact) mass is 250 g/mol. The van der Waals surface area contributed by atoms with Crippen LogP contribution < -0.4 is 11.5 Å². The van der Waals surface area contributed by atoms with Crippen LogP contribution in [0, 0.1) is 0 Å². The lowest BCUT2D eigenvalue weighted by Gasteiger charge is -2.09. The van der Waals surface area contributed by atoms with Crippen molar-refractivity contribution < 1.29 is 24.6 Å². The quantitative estimate of drug-likeness (QED) is 0.443. The van der Waals surface area contributed by atoms with E-state index >= 15 is 0 Å².